The van der Waals surface area contributed by atoms with Crippen LogP contribution in [-0.2, 0) is 10.3 Å². The normalized spacial score (nSPS) is 24.1. The molecule has 0 radical (unpaired) electrons. The molecule has 1 saturated heterocycles. The van der Waals surface area contributed by atoms with Gasteiger partial charge >= 0.3 is 0 Å². The summed E-state index contributed by atoms with van der Waals surface area (Å²) in [5.41, 5.74) is 5.77. The van der Waals surface area contributed by atoms with Gasteiger partial charge in [-0.3, -0.25) is 4.79 Å². The Morgan fingerprint density at radius 1 is 1.18 bits per heavy atom. The molecule has 1 amide bonds. The molecule has 3 rings (SSSR count). The van der Waals surface area contributed by atoms with E-state index >= 15 is 8.78 Å². The smallest absolute Gasteiger partial charge is 0.237 e. The van der Waals surface area contributed by atoms with Gasteiger partial charge in [0, 0.05) is 29.1 Å². The van der Waals surface area contributed by atoms with Gasteiger partial charge < -0.3 is 26.6 Å². The fraction of sp³-hybridized carbons (Fsp3) is 0.552. The Morgan fingerprint density at radius 2 is 1.85 bits per heavy atom. The molecule has 5 atom stereocenters. The van der Waals surface area contributed by atoms with Crippen molar-refractivity contribution in [3.8, 4) is 0 Å². The average molecular weight is 587 g/mol. The van der Waals surface area contributed by atoms with Crippen LogP contribution in [0.3, 0.4) is 0 Å². The highest BCUT2D eigenvalue weighted by Crippen LogP contribution is 2.51. The number of nitrogens with two attached hydrogens (primary N) is 1. The molecule has 6 N–H and O–H groups in total. The van der Waals surface area contributed by atoms with Gasteiger partial charge in [0.1, 0.15) is 11.6 Å². The van der Waals surface area contributed by atoms with Crippen molar-refractivity contribution in [3.05, 3.63) is 69.2 Å². The highest BCUT2D eigenvalue weighted by molar-refractivity contribution is 6.31. The van der Waals surface area contributed by atoms with Crippen LogP contribution in [0, 0.1) is 17.0 Å². The molecule has 0 bridgehead atoms. The van der Waals surface area contributed by atoms with E-state index in [1.165, 1.54) is 30.3 Å². The van der Waals surface area contributed by atoms with Crippen LogP contribution < -0.4 is 16.4 Å². The molecule has 2 aromatic carbocycles. The summed E-state index contributed by atoms with van der Waals surface area (Å²) < 4.78 is 31.3. The zero-order valence-corrected chi connectivity index (χ0v) is 24.1. The Morgan fingerprint density at radius 3 is 2.44 bits per heavy atom. The summed E-state index contributed by atoms with van der Waals surface area (Å²) in [6, 6.07) is 7.06. The zero-order valence-electron chi connectivity index (χ0n) is 22.6. The minimum absolute atomic E-state index is 0.0733. The third-order valence-corrected chi connectivity index (χ3v) is 9.20. The Kier molecular flexibility index (Phi) is 10.8. The van der Waals surface area contributed by atoms with Gasteiger partial charge in [0.05, 0.1) is 29.3 Å². The number of carbonyl (C=O) groups excluding carboxylic acids is 1. The van der Waals surface area contributed by atoms with Gasteiger partial charge in [-0.2, -0.15) is 0 Å². The molecule has 0 aliphatic carbocycles. The second-order valence-electron chi connectivity index (χ2n) is 10.6. The van der Waals surface area contributed by atoms with Crippen LogP contribution in [0.15, 0.2) is 36.4 Å². The summed E-state index contributed by atoms with van der Waals surface area (Å²) in [7, 11) is 0. The molecule has 0 aromatic heterocycles. The topological polar surface area (TPSA) is 108 Å². The average Bonchev–Trinajstić information content (AvgIpc) is 3.20. The fourth-order valence-corrected chi connectivity index (χ4v) is 6.31. The molecule has 1 heterocycles. The van der Waals surface area contributed by atoms with Crippen molar-refractivity contribution < 1.29 is 23.8 Å². The van der Waals surface area contributed by atoms with Crippen molar-refractivity contribution in [2.75, 3.05) is 13.2 Å². The molecule has 1 aliphatic heterocycles. The minimum atomic E-state index is -1.56. The van der Waals surface area contributed by atoms with Crippen LogP contribution in [0.4, 0.5) is 8.78 Å². The van der Waals surface area contributed by atoms with Crippen molar-refractivity contribution in [2.45, 2.75) is 82.5 Å². The second kappa shape index (κ2) is 13.2. The lowest BCUT2D eigenvalue weighted by atomic mass is 9.66. The summed E-state index contributed by atoms with van der Waals surface area (Å²) in [6.45, 7) is 5.91. The number of benzene rings is 2. The van der Waals surface area contributed by atoms with E-state index in [-0.39, 0.29) is 39.6 Å². The Balaban J connectivity index is 2.21. The van der Waals surface area contributed by atoms with Crippen LogP contribution in [0.1, 0.15) is 69.9 Å². The van der Waals surface area contributed by atoms with Crippen LogP contribution in [-0.4, -0.2) is 47.5 Å². The number of aliphatic hydroxyl groups excluding tert-OH is 2. The standard InChI is InChI=1S/C29H39Cl2F2N3O3/c1-4-28(5-2,6-3)15-23-29(34,20-11-10-17(30)14-22(20)32)24(19-8-7-9-21(31)25(19)33)26(36-23)27(39)35-13-12-18(38)16-37/h7-11,14,18,23-24,26,36-38H,4-6,12-13,15-16,34H2,1-3H3,(H,35,39)/t18-,23?,24-,26+,29+/m0/s1. The van der Waals surface area contributed by atoms with E-state index < -0.39 is 53.8 Å². The largest absolute Gasteiger partial charge is 0.394 e. The second-order valence-corrected chi connectivity index (χ2v) is 11.4. The van der Waals surface area contributed by atoms with Crippen LogP contribution in [0.5, 0.6) is 0 Å². The number of nitrogens with one attached hydrogen (secondary N) is 2. The van der Waals surface area contributed by atoms with Gasteiger partial charge in [-0.25, -0.2) is 8.78 Å². The van der Waals surface area contributed by atoms with Gasteiger partial charge in [0.25, 0.3) is 0 Å². The SMILES string of the molecule is CCC(CC)(CC)CC1N[C@@H](C(=O)NCC[C@H](O)CO)[C@H](c2cccc(Cl)c2F)[C@@]1(N)c1ccc(Cl)cc1F. The van der Waals surface area contributed by atoms with Gasteiger partial charge in [-0.05, 0) is 42.0 Å². The lowest BCUT2D eigenvalue weighted by Gasteiger charge is -2.42. The maximum atomic E-state index is 15.7. The molecule has 10 heteroatoms. The van der Waals surface area contributed by atoms with E-state index in [9.17, 15) is 9.90 Å². The third kappa shape index (κ3) is 6.42. The number of halogens is 4. The quantitative estimate of drug-likeness (QED) is 0.240. The number of hydrogen-bond donors (Lipinski definition) is 5. The number of rotatable bonds is 12. The highest BCUT2D eigenvalue weighted by atomic mass is 35.5. The number of amides is 1. The molecule has 1 unspecified atom stereocenters. The summed E-state index contributed by atoms with van der Waals surface area (Å²) in [6.07, 6.45) is 2.16. The summed E-state index contributed by atoms with van der Waals surface area (Å²) >= 11 is 12.3. The van der Waals surface area contributed by atoms with Crippen LogP contribution in [0.2, 0.25) is 10.0 Å². The van der Waals surface area contributed by atoms with E-state index in [0.29, 0.717) is 6.42 Å². The molecule has 1 fully saturated rings. The van der Waals surface area contributed by atoms with E-state index in [1.54, 1.807) is 6.07 Å². The first-order valence-corrected chi connectivity index (χ1v) is 14.2. The van der Waals surface area contributed by atoms with Crippen molar-refractivity contribution in [3.63, 3.8) is 0 Å². The number of carbonyl (C=O) groups is 1. The maximum absolute atomic E-state index is 15.7. The van der Waals surface area contributed by atoms with E-state index in [1.807, 2.05) is 0 Å². The monoisotopic (exact) mass is 585 g/mol. The molecule has 1 aliphatic rings. The Labute approximate surface area is 239 Å². The van der Waals surface area contributed by atoms with E-state index in [2.05, 4.69) is 31.4 Å². The van der Waals surface area contributed by atoms with Crippen LogP contribution >= 0.6 is 23.2 Å². The molecule has 216 valence electrons. The fourth-order valence-electron chi connectivity index (χ4n) is 5.97. The molecule has 6 nitrogen and oxygen atoms in total. The maximum Gasteiger partial charge on any atom is 0.237 e. The molecule has 0 saturated carbocycles. The summed E-state index contributed by atoms with van der Waals surface area (Å²) in [4.78, 5) is 13.6. The van der Waals surface area contributed by atoms with Crippen molar-refractivity contribution in [1.82, 2.24) is 10.6 Å². The molecule has 2 aromatic rings. The molecular formula is C29H39Cl2F2N3O3. The first kappa shape index (κ1) is 31.7. The first-order valence-electron chi connectivity index (χ1n) is 13.5. The van der Waals surface area contributed by atoms with E-state index in [4.69, 9.17) is 34.0 Å². The zero-order chi connectivity index (χ0) is 29.0. The van der Waals surface area contributed by atoms with Crippen molar-refractivity contribution >= 4 is 29.1 Å². The van der Waals surface area contributed by atoms with Gasteiger partial charge in [-0.15, -0.1) is 0 Å². The predicted molar refractivity (Wildman–Crippen MR) is 151 cm³/mol. The highest BCUT2D eigenvalue weighted by Gasteiger charge is 2.59. The third-order valence-electron chi connectivity index (χ3n) is 8.68. The van der Waals surface area contributed by atoms with Gasteiger partial charge in [0.15, 0.2) is 0 Å². The Bertz CT molecular complexity index is 1140. The summed E-state index contributed by atoms with van der Waals surface area (Å²) in [5, 5.41) is 25.0. The molecule has 0 spiro atoms. The summed E-state index contributed by atoms with van der Waals surface area (Å²) in [5.74, 6) is -2.89. The van der Waals surface area contributed by atoms with Gasteiger partial charge in [-0.1, -0.05) is 81.4 Å². The molecular weight excluding hydrogens is 547 g/mol. The van der Waals surface area contributed by atoms with E-state index in [0.717, 1.165) is 19.3 Å². The lowest BCUT2D eigenvalue weighted by Crippen LogP contribution is -2.53. The number of aliphatic hydroxyl groups is 2. The van der Waals surface area contributed by atoms with Crippen LogP contribution in [0.25, 0.3) is 0 Å². The van der Waals surface area contributed by atoms with Gasteiger partial charge in [0.2, 0.25) is 5.91 Å². The first-order chi connectivity index (χ1) is 18.5. The minimum Gasteiger partial charge on any atom is -0.394 e. The lowest BCUT2D eigenvalue weighted by molar-refractivity contribution is -0.123. The van der Waals surface area contributed by atoms with Crippen molar-refractivity contribution in [1.29, 1.82) is 0 Å². The Hall–Kier alpha value is -1.81. The van der Waals surface area contributed by atoms with Crippen molar-refractivity contribution in [2.24, 2.45) is 11.1 Å². The number of hydrogen-bond acceptors (Lipinski definition) is 5. The molecule has 39 heavy (non-hydrogen) atoms. The predicted octanol–water partition coefficient (Wildman–Crippen LogP) is 5.02.